The molecule has 0 saturated carbocycles. The number of nitrogens with zero attached hydrogens (tertiary/aromatic N) is 1. The number of carboxylic acid groups (broad SMARTS) is 1. The van der Waals surface area contributed by atoms with Crippen LogP contribution in [-0.4, -0.2) is 37.4 Å². The summed E-state index contributed by atoms with van der Waals surface area (Å²) in [5.41, 5.74) is 1.02. The van der Waals surface area contributed by atoms with Crippen LogP contribution in [0.4, 0.5) is 0 Å². The number of hydrogen-bond acceptors (Lipinski definition) is 6. The SMILES string of the molecule is CCc1nc(-c2cc(OC)c(OC)c(OC)c2)c(C(=O)O)s1. The van der Waals surface area contributed by atoms with Gasteiger partial charge >= 0.3 is 5.97 Å². The van der Waals surface area contributed by atoms with Crippen molar-refractivity contribution in [3.8, 4) is 28.5 Å². The quantitative estimate of drug-likeness (QED) is 0.880. The van der Waals surface area contributed by atoms with Crippen LogP contribution in [0.5, 0.6) is 17.2 Å². The minimum atomic E-state index is -0.999. The fourth-order valence-corrected chi connectivity index (χ4v) is 2.94. The third-order valence-corrected chi connectivity index (χ3v) is 4.29. The van der Waals surface area contributed by atoms with Gasteiger partial charge in [0.15, 0.2) is 11.5 Å². The summed E-state index contributed by atoms with van der Waals surface area (Å²) >= 11 is 1.18. The Bertz CT molecular complexity index is 670. The number of aromatic nitrogens is 1. The van der Waals surface area contributed by atoms with Gasteiger partial charge in [0.05, 0.1) is 32.0 Å². The van der Waals surface area contributed by atoms with Crippen LogP contribution in [0.1, 0.15) is 21.6 Å². The van der Waals surface area contributed by atoms with E-state index >= 15 is 0 Å². The Hall–Kier alpha value is -2.28. The van der Waals surface area contributed by atoms with Gasteiger partial charge < -0.3 is 19.3 Å². The first-order valence-electron chi connectivity index (χ1n) is 6.59. The van der Waals surface area contributed by atoms with E-state index in [0.29, 0.717) is 34.9 Å². The molecule has 0 saturated heterocycles. The molecule has 0 atom stereocenters. The molecule has 6 nitrogen and oxygen atoms in total. The Morgan fingerprint density at radius 2 is 1.77 bits per heavy atom. The zero-order chi connectivity index (χ0) is 16.3. The van der Waals surface area contributed by atoms with Crippen LogP contribution in [0.15, 0.2) is 12.1 Å². The highest BCUT2D eigenvalue weighted by Gasteiger charge is 2.21. The predicted molar refractivity (Wildman–Crippen MR) is 83.5 cm³/mol. The van der Waals surface area contributed by atoms with Crippen LogP contribution in [0, 0.1) is 0 Å². The molecule has 2 aromatic rings. The van der Waals surface area contributed by atoms with Gasteiger partial charge in [-0.25, -0.2) is 9.78 Å². The van der Waals surface area contributed by atoms with Crippen LogP contribution >= 0.6 is 11.3 Å². The van der Waals surface area contributed by atoms with E-state index < -0.39 is 5.97 Å². The molecule has 0 amide bonds. The van der Waals surface area contributed by atoms with Gasteiger partial charge in [0.2, 0.25) is 5.75 Å². The normalized spacial score (nSPS) is 10.4. The van der Waals surface area contributed by atoms with Crippen LogP contribution in [0.2, 0.25) is 0 Å². The summed E-state index contributed by atoms with van der Waals surface area (Å²) < 4.78 is 15.9. The molecule has 2 rings (SSSR count). The van der Waals surface area contributed by atoms with Gasteiger partial charge in [-0.3, -0.25) is 0 Å². The molecule has 118 valence electrons. The first kappa shape index (κ1) is 16.1. The molecule has 1 N–H and O–H groups in total. The van der Waals surface area contributed by atoms with Crippen molar-refractivity contribution in [2.75, 3.05) is 21.3 Å². The van der Waals surface area contributed by atoms with Gasteiger partial charge in [-0.2, -0.15) is 0 Å². The zero-order valence-corrected chi connectivity index (χ0v) is 13.6. The number of aromatic carboxylic acids is 1. The van der Waals surface area contributed by atoms with Crippen molar-refractivity contribution >= 4 is 17.3 Å². The number of benzene rings is 1. The van der Waals surface area contributed by atoms with Crippen molar-refractivity contribution < 1.29 is 24.1 Å². The maximum absolute atomic E-state index is 11.4. The Morgan fingerprint density at radius 3 is 2.18 bits per heavy atom. The molecule has 7 heteroatoms. The molecule has 22 heavy (non-hydrogen) atoms. The molecule has 0 bridgehead atoms. The molecular weight excluding hydrogens is 306 g/mol. The fraction of sp³-hybridized carbons (Fsp3) is 0.333. The number of ether oxygens (including phenoxy) is 3. The summed E-state index contributed by atoms with van der Waals surface area (Å²) in [6, 6.07) is 3.39. The third-order valence-electron chi connectivity index (χ3n) is 3.11. The van der Waals surface area contributed by atoms with Gasteiger partial charge in [0.25, 0.3) is 0 Å². The highest BCUT2D eigenvalue weighted by atomic mass is 32.1. The standard InChI is InChI=1S/C15H17NO5S/c1-5-11-16-12(14(22-11)15(17)18)8-6-9(19-2)13(21-4)10(7-8)20-3/h6-7H,5H2,1-4H3,(H,17,18). The number of carbonyl (C=O) groups is 1. The number of methoxy groups -OCH3 is 3. The maximum Gasteiger partial charge on any atom is 0.348 e. The van der Waals surface area contributed by atoms with E-state index in [1.165, 1.54) is 32.7 Å². The molecule has 0 unspecified atom stereocenters. The van der Waals surface area contributed by atoms with Gasteiger partial charge in [-0.05, 0) is 18.6 Å². The predicted octanol–water partition coefficient (Wildman–Crippen LogP) is 3.10. The van der Waals surface area contributed by atoms with Crippen molar-refractivity contribution in [2.45, 2.75) is 13.3 Å². The second-order valence-corrected chi connectivity index (χ2v) is 5.44. The second-order valence-electron chi connectivity index (χ2n) is 4.36. The lowest BCUT2D eigenvalue weighted by molar-refractivity contribution is 0.0702. The second kappa shape index (κ2) is 6.65. The minimum Gasteiger partial charge on any atom is -0.493 e. The Balaban J connectivity index is 2.67. The van der Waals surface area contributed by atoms with Gasteiger partial charge in [-0.15, -0.1) is 11.3 Å². The lowest BCUT2D eigenvalue weighted by Crippen LogP contribution is -1.98. The van der Waals surface area contributed by atoms with Crippen molar-refractivity contribution in [1.29, 1.82) is 0 Å². The number of hydrogen-bond donors (Lipinski definition) is 1. The van der Waals surface area contributed by atoms with Gasteiger partial charge in [0, 0.05) is 5.56 Å². The highest BCUT2D eigenvalue weighted by Crippen LogP contribution is 2.42. The number of thiazole rings is 1. The van der Waals surface area contributed by atoms with Crippen LogP contribution < -0.4 is 14.2 Å². The van der Waals surface area contributed by atoms with E-state index in [4.69, 9.17) is 14.2 Å². The van der Waals surface area contributed by atoms with Gasteiger partial charge in [-0.1, -0.05) is 6.92 Å². The topological polar surface area (TPSA) is 77.9 Å². The van der Waals surface area contributed by atoms with E-state index in [1.54, 1.807) is 12.1 Å². The van der Waals surface area contributed by atoms with Crippen LogP contribution in [-0.2, 0) is 6.42 Å². The lowest BCUT2D eigenvalue weighted by atomic mass is 10.1. The monoisotopic (exact) mass is 323 g/mol. The Kier molecular flexibility index (Phi) is 4.87. The minimum absolute atomic E-state index is 0.200. The molecule has 1 aromatic heterocycles. The average Bonchev–Trinajstić information content (AvgIpc) is 2.98. The van der Waals surface area contributed by atoms with Crippen molar-refractivity contribution in [2.24, 2.45) is 0 Å². The Labute approximate surface area is 132 Å². The van der Waals surface area contributed by atoms with E-state index in [-0.39, 0.29) is 4.88 Å². The molecule has 0 aliphatic carbocycles. The lowest BCUT2D eigenvalue weighted by Gasteiger charge is -2.13. The third kappa shape index (κ3) is 2.85. The van der Waals surface area contributed by atoms with Crippen molar-refractivity contribution in [3.63, 3.8) is 0 Å². The molecule has 1 heterocycles. The summed E-state index contributed by atoms with van der Waals surface area (Å²) in [6.45, 7) is 1.93. The Morgan fingerprint density at radius 1 is 1.18 bits per heavy atom. The largest absolute Gasteiger partial charge is 0.493 e. The van der Waals surface area contributed by atoms with Crippen molar-refractivity contribution in [3.05, 3.63) is 22.0 Å². The van der Waals surface area contributed by atoms with E-state index in [9.17, 15) is 9.90 Å². The summed E-state index contributed by atoms with van der Waals surface area (Å²) in [6.07, 6.45) is 0.676. The fourth-order valence-electron chi connectivity index (χ4n) is 2.07. The maximum atomic E-state index is 11.4. The van der Waals surface area contributed by atoms with E-state index in [1.807, 2.05) is 6.92 Å². The summed E-state index contributed by atoms with van der Waals surface area (Å²) in [5, 5.41) is 10.1. The molecule has 0 radical (unpaired) electrons. The summed E-state index contributed by atoms with van der Waals surface area (Å²) in [5.74, 6) is 0.371. The van der Waals surface area contributed by atoms with Crippen molar-refractivity contribution in [1.82, 2.24) is 4.98 Å². The number of carboxylic acids is 1. The summed E-state index contributed by atoms with van der Waals surface area (Å²) in [4.78, 5) is 16.1. The number of aryl methyl sites for hydroxylation is 1. The molecule has 0 aliphatic heterocycles. The molecule has 0 spiro atoms. The molecule has 1 aromatic carbocycles. The molecule has 0 aliphatic rings. The first-order valence-corrected chi connectivity index (χ1v) is 7.40. The highest BCUT2D eigenvalue weighted by molar-refractivity contribution is 7.14. The smallest absolute Gasteiger partial charge is 0.348 e. The van der Waals surface area contributed by atoms with Crippen LogP contribution in [0.25, 0.3) is 11.3 Å². The first-order chi connectivity index (χ1) is 10.5. The van der Waals surface area contributed by atoms with E-state index in [0.717, 1.165) is 5.01 Å². The van der Waals surface area contributed by atoms with E-state index in [2.05, 4.69) is 4.98 Å². The summed E-state index contributed by atoms with van der Waals surface area (Å²) in [7, 11) is 4.54. The molecule has 0 fully saturated rings. The average molecular weight is 323 g/mol. The molecular formula is C15H17NO5S. The number of rotatable bonds is 6. The van der Waals surface area contributed by atoms with Gasteiger partial charge in [0.1, 0.15) is 4.88 Å². The zero-order valence-electron chi connectivity index (χ0n) is 12.8. The van der Waals surface area contributed by atoms with Crippen LogP contribution in [0.3, 0.4) is 0 Å².